The zero-order chi connectivity index (χ0) is 16.0. The number of amides is 1. The van der Waals surface area contributed by atoms with E-state index in [1.807, 2.05) is 0 Å². The Morgan fingerprint density at radius 2 is 2.14 bits per heavy atom. The predicted molar refractivity (Wildman–Crippen MR) is 81.2 cm³/mol. The summed E-state index contributed by atoms with van der Waals surface area (Å²) in [6, 6.07) is 3.06. The normalized spacial score (nSPS) is 11.5. The first kappa shape index (κ1) is 17.1. The molecule has 0 bridgehead atoms. The summed E-state index contributed by atoms with van der Waals surface area (Å²) in [5.41, 5.74) is 2.21. The molecule has 1 rings (SSSR count). The summed E-state index contributed by atoms with van der Waals surface area (Å²) in [6.07, 6.45) is 0.714. The van der Waals surface area contributed by atoms with Crippen molar-refractivity contribution in [2.45, 2.75) is 33.3 Å². The van der Waals surface area contributed by atoms with Crippen molar-refractivity contribution in [3.05, 3.63) is 22.7 Å². The van der Waals surface area contributed by atoms with Gasteiger partial charge >= 0.3 is 6.09 Å². The Hall–Kier alpha value is -1.95. The molecule has 6 nitrogen and oxygen atoms in total. The van der Waals surface area contributed by atoms with Crippen molar-refractivity contribution < 1.29 is 19.4 Å². The van der Waals surface area contributed by atoms with Crippen LogP contribution in [0.4, 0.5) is 4.79 Å². The Kier molecular flexibility index (Phi) is 5.84. The van der Waals surface area contributed by atoms with Gasteiger partial charge < -0.3 is 14.6 Å². The molecule has 1 aromatic carbocycles. The van der Waals surface area contributed by atoms with Crippen molar-refractivity contribution in [1.29, 1.82) is 0 Å². The summed E-state index contributed by atoms with van der Waals surface area (Å²) in [5, 5.41) is 13.6. The third-order valence-electron chi connectivity index (χ3n) is 2.12. The van der Waals surface area contributed by atoms with Crippen molar-refractivity contribution in [3.63, 3.8) is 0 Å². The molecule has 21 heavy (non-hydrogen) atoms. The molecule has 0 aliphatic heterocycles. The third kappa shape index (κ3) is 5.91. The van der Waals surface area contributed by atoms with Gasteiger partial charge in [0.25, 0.3) is 0 Å². The van der Waals surface area contributed by atoms with E-state index in [0.29, 0.717) is 12.2 Å². The number of carbonyl (C=O) groups excluding carboxylic acids is 1. The molecule has 0 aliphatic carbocycles. The minimum absolute atomic E-state index is 0.129. The van der Waals surface area contributed by atoms with E-state index in [4.69, 9.17) is 21.1 Å². The number of nitrogens with one attached hydrogen (secondary N) is 1. The summed E-state index contributed by atoms with van der Waals surface area (Å²) >= 11 is 5.88. The molecule has 116 valence electrons. The van der Waals surface area contributed by atoms with Crippen LogP contribution in [0.15, 0.2) is 17.2 Å². The minimum Gasteiger partial charge on any atom is -0.503 e. The van der Waals surface area contributed by atoms with Gasteiger partial charge in [-0.25, -0.2) is 10.2 Å². The Bertz CT molecular complexity index is 539. The highest BCUT2D eigenvalue weighted by Crippen LogP contribution is 2.34. The third-order valence-corrected chi connectivity index (χ3v) is 2.41. The van der Waals surface area contributed by atoms with Gasteiger partial charge in [-0.05, 0) is 45.4 Å². The van der Waals surface area contributed by atoms with Crippen molar-refractivity contribution in [3.8, 4) is 11.5 Å². The number of nitrogens with zero attached hydrogens (tertiary/aromatic N) is 1. The van der Waals surface area contributed by atoms with E-state index in [9.17, 15) is 9.90 Å². The standard InChI is InChI=1S/C14H19ClN2O4/c1-5-20-11-7-9(6-10(15)12(11)18)8-16-17-13(19)21-14(2,3)4/h6-8,18H,5H2,1-4H3,(H,17,19). The van der Waals surface area contributed by atoms with Gasteiger partial charge in [0.05, 0.1) is 17.8 Å². The van der Waals surface area contributed by atoms with E-state index in [-0.39, 0.29) is 16.5 Å². The highest BCUT2D eigenvalue weighted by Gasteiger charge is 2.15. The van der Waals surface area contributed by atoms with Gasteiger partial charge in [-0.1, -0.05) is 11.6 Å². The van der Waals surface area contributed by atoms with Crippen LogP contribution in [0.3, 0.4) is 0 Å². The number of aromatic hydroxyl groups is 1. The SMILES string of the molecule is CCOc1cc(C=NNC(=O)OC(C)(C)C)cc(Cl)c1O. The molecule has 2 N–H and O–H groups in total. The van der Waals surface area contributed by atoms with Crippen molar-refractivity contribution in [2.24, 2.45) is 5.10 Å². The number of ether oxygens (including phenoxy) is 2. The fourth-order valence-corrected chi connectivity index (χ4v) is 1.61. The second kappa shape index (κ2) is 7.17. The van der Waals surface area contributed by atoms with Crippen LogP contribution in [-0.4, -0.2) is 29.6 Å². The van der Waals surface area contributed by atoms with Gasteiger partial charge in [0.15, 0.2) is 11.5 Å². The molecule has 0 heterocycles. The number of carbonyl (C=O) groups is 1. The number of hydrogen-bond donors (Lipinski definition) is 2. The Labute approximate surface area is 128 Å². The van der Waals surface area contributed by atoms with Crippen LogP contribution in [0, 0.1) is 0 Å². The van der Waals surface area contributed by atoms with Crippen LogP contribution in [0.2, 0.25) is 5.02 Å². The van der Waals surface area contributed by atoms with Gasteiger partial charge in [-0.15, -0.1) is 0 Å². The van der Waals surface area contributed by atoms with Crippen LogP contribution in [-0.2, 0) is 4.74 Å². The average Bonchev–Trinajstić information content (AvgIpc) is 2.33. The smallest absolute Gasteiger partial charge is 0.428 e. The molecule has 0 radical (unpaired) electrons. The second-order valence-corrected chi connectivity index (χ2v) is 5.56. The van der Waals surface area contributed by atoms with E-state index >= 15 is 0 Å². The number of hydrogen-bond acceptors (Lipinski definition) is 5. The average molecular weight is 315 g/mol. The Morgan fingerprint density at radius 1 is 1.48 bits per heavy atom. The maximum Gasteiger partial charge on any atom is 0.428 e. The molecule has 0 saturated heterocycles. The van der Waals surface area contributed by atoms with Gasteiger partial charge in [0.1, 0.15) is 5.60 Å². The molecule has 0 spiro atoms. The van der Waals surface area contributed by atoms with Gasteiger partial charge in [0, 0.05) is 0 Å². The molecule has 1 amide bonds. The van der Waals surface area contributed by atoms with Gasteiger partial charge in [-0.3, -0.25) is 0 Å². The molecule has 1 aromatic rings. The highest BCUT2D eigenvalue weighted by atomic mass is 35.5. The largest absolute Gasteiger partial charge is 0.503 e. The fourth-order valence-electron chi connectivity index (χ4n) is 1.39. The lowest BCUT2D eigenvalue weighted by atomic mass is 10.2. The van der Waals surface area contributed by atoms with E-state index < -0.39 is 11.7 Å². The van der Waals surface area contributed by atoms with Crippen molar-refractivity contribution in [2.75, 3.05) is 6.61 Å². The lowest BCUT2D eigenvalue weighted by molar-refractivity contribution is 0.0529. The second-order valence-electron chi connectivity index (χ2n) is 5.15. The summed E-state index contributed by atoms with van der Waals surface area (Å²) in [4.78, 5) is 11.4. The highest BCUT2D eigenvalue weighted by molar-refractivity contribution is 6.32. The molecule has 0 aliphatic rings. The van der Waals surface area contributed by atoms with Crippen LogP contribution < -0.4 is 10.2 Å². The van der Waals surface area contributed by atoms with Crippen molar-refractivity contribution >= 4 is 23.9 Å². The van der Waals surface area contributed by atoms with E-state index in [1.165, 1.54) is 12.3 Å². The summed E-state index contributed by atoms with van der Waals surface area (Å²) in [6.45, 7) is 7.44. The lowest BCUT2D eigenvalue weighted by Gasteiger charge is -2.18. The van der Waals surface area contributed by atoms with Crippen LogP contribution in [0.5, 0.6) is 11.5 Å². The van der Waals surface area contributed by atoms with E-state index in [1.54, 1.807) is 33.8 Å². The molecule has 0 aromatic heterocycles. The molecular formula is C14H19ClN2O4. The number of benzene rings is 1. The zero-order valence-electron chi connectivity index (χ0n) is 12.4. The molecule has 0 fully saturated rings. The monoisotopic (exact) mass is 314 g/mol. The topological polar surface area (TPSA) is 80.2 Å². The zero-order valence-corrected chi connectivity index (χ0v) is 13.2. The maximum atomic E-state index is 11.4. The quantitative estimate of drug-likeness (QED) is 0.660. The molecule has 7 heteroatoms. The molecule has 0 saturated carbocycles. The fraction of sp³-hybridized carbons (Fsp3) is 0.429. The van der Waals surface area contributed by atoms with E-state index in [0.717, 1.165) is 0 Å². The molecule has 0 unspecified atom stereocenters. The lowest BCUT2D eigenvalue weighted by Crippen LogP contribution is -2.29. The summed E-state index contributed by atoms with van der Waals surface area (Å²) in [7, 11) is 0. The summed E-state index contributed by atoms with van der Waals surface area (Å²) in [5.74, 6) is 0.125. The number of phenols is 1. The number of hydrazone groups is 1. The first-order chi connectivity index (χ1) is 9.73. The van der Waals surface area contributed by atoms with Crippen LogP contribution in [0.25, 0.3) is 0 Å². The number of rotatable bonds is 4. The number of phenolic OH excluding ortho intramolecular Hbond substituents is 1. The van der Waals surface area contributed by atoms with Gasteiger partial charge in [0.2, 0.25) is 0 Å². The van der Waals surface area contributed by atoms with E-state index in [2.05, 4.69) is 10.5 Å². The maximum absolute atomic E-state index is 11.4. The predicted octanol–water partition coefficient (Wildman–Crippen LogP) is 3.30. The summed E-state index contributed by atoms with van der Waals surface area (Å²) < 4.78 is 10.3. The van der Waals surface area contributed by atoms with Crippen molar-refractivity contribution in [1.82, 2.24) is 5.43 Å². The Balaban J connectivity index is 2.74. The Morgan fingerprint density at radius 3 is 2.71 bits per heavy atom. The molecule has 0 atom stereocenters. The first-order valence-electron chi connectivity index (χ1n) is 6.40. The number of halogens is 1. The minimum atomic E-state index is -0.659. The van der Waals surface area contributed by atoms with Gasteiger partial charge in [-0.2, -0.15) is 5.10 Å². The van der Waals surface area contributed by atoms with Crippen LogP contribution in [0.1, 0.15) is 33.3 Å². The van der Waals surface area contributed by atoms with Crippen LogP contribution >= 0.6 is 11.6 Å². The first-order valence-corrected chi connectivity index (χ1v) is 6.78. The molecular weight excluding hydrogens is 296 g/mol.